The maximum absolute atomic E-state index is 12.8. The first kappa shape index (κ1) is 16.2. The number of ketones is 1. The van der Waals surface area contributed by atoms with Gasteiger partial charge in [-0.25, -0.2) is 0 Å². The first-order valence-electron chi connectivity index (χ1n) is 5.80. The average Bonchev–Trinajstić information content (AvgIpc) is 2.35. The number of alkyl halides is 3. The number of hydrogen-bond donors (Lipinski definition) is 1. The van der Waals surface area contributed by atoms with Crippen LogP contribution in [0.2, 0.25) is 0 Å². The number of carbonyl (C=O) groups excluding carboxylic acids is 1. The van der Waals surface area contributed by atoms with Gasteiger partial charge < -0.3 is 9.84 Å². The zero-order chi connectivity index (χ0) is 15.4. The summed E-state index contributed by atoms with van der Waals surface area (Å²) >= 11 is 0. The van der Waals surface area contributed by atoms with E-state index in [1.54, 1.807) is 24.3 Å². The number of rotatable bonds is 5. The van der Waals surface area contributed by atoms with Gasteiger partial charge in [-0.05, 0) is 30.7 Å². The summed E-state index contributed by atoms with van der Waals surface area (Å²) in [4.78, 5) is 10.9. The lowest BCUT2D eigenvalue weighted by atomic mass is 9.95. The van der Waals surface area contributed by atoms with Crippen LogP contribution in [0, 0.1) is 0 Å². The fourth-order valence-corrected chi connectivity index (χ4v) is 1.58. The summed E-state index contributed by atoms with van der Waals surface area (Å²) in [6.07, 6.45) is -4.21. The highest BCUT2D eigenvalue weighted by molar-refractivity contribution is 5.77. The molecule has 0 saturated heterocycles. The minimum Gasteiger partial charge on any atom is -0.497 e. The molecule has 0 amide bonds. The van der Waals surface area contributed by atoms with Crippen molar-refractivity contribution in [3.63, 3.8) is 0 Å². The molecule has 1 N–H and O–H groups in total. The highest BCUT2D eigenvalue weighted by atomic mass is 19.4. The predicted octanol–water partition coefficient (Wildman–Crippen LogP) is 2.98. The molecule has 0 bridgehead atoms. The molecular formula is C14H15F3O3. The van der Waals surface area contributed by atoms with Crippen LogP contribution in [-0.2, 0) is 4.79 Å². The van der Waals surface area contributed by atoms with Crippen LogP contribution >= 0.6 is 0 Å². The largest absolute Gasteiger partial charge is 0.497 e. The maximum atomic E-state index is 12.8. The van der Waals surface area contributed by atoms with Crippen molar-refractivity contribution >= 4 is 11.9 Å². The Hall–Kier alpha value is -1.82. The van der Waals surface area contributed by atoms with Gasteiger partial charge in [-0.3, -0.25) is 4.79 Å². The topological polar surface area (TPSA) is 46.5 Å². The summed E-state index contributed by atoms with van der Waals surface area (Å²) in [5, 5.41) is 9.62. The standard InChI is InChI=1S/C14H15F3O3/c1-10(18)9-13(19,14(15,16)17)8-7-11-3-5-12(20-2)6-4-11/h3-8,19H,9H2,1-2H3/b8-7+/t13-/m1/s1. The van der Waals surface area contributed by atoms with Gasteiger partial charge in [0.1, 0.15) is 11.5 Å². The van der Waals surface area contributed by atoms with Gasteiger partial charge in [-0.15, -0.1) is 0 Å². The Morgan fingerprint density at radius 1 is 1.30 bits per heavy atom. The van der Waals surface area contributed by atoms with E-state index in [0.29, 0.717) is 17.4 Å². The molecule has 6 heteroatoms. The van der Waals surface area contributed by atoms with E-state index in [-0.39, 0.29) is 0 Å². The van der Waals surface area contributed by atoms with Gasteiger partial charge in [0.15, 0.2) is 5.60 Å². The fraction of sp³-hybridized carbons (Fsp3) is 0.357. The molecule has 0 fully saturated rings. The van der Waals surface area contributed by atoms with Crippen LogP contribution in [-0.4, -0.2) is 29.8 Å². The fourth-order valence-electron chi connectivity index (χ4n) is 1.58. The van der Waals surface area contributed by atoms with Crippen LogP contribution in [0.25, 0.3) is 6.08 Å². The average molecular weight is 288 g/mol. The van der Waals surface area contributed by atoms with E-state index >= 15 is 0 Å². The first-order valence-corrected chi connectivity index (χ1v) is 5.80. The van der Waals surface area contributed by atoms with E-state index < -0.39 is 24.0 Å². The predicted molar refractivity (Wildman–Crippen MR) is 68.3 cm³/mol. The lowest BCUT2D eigenvalue weighted by molar-refractivity contribution is -0.240. The SMILES string of the molecule is COc1ccc(/C=C/[C@@](O)(CC(C)=O)C(F)(F)F)cc1. The molecule has 1 atom stereocenters. The molecule has 1 aromatic rings. The van der Waals surface area contributed by atoms with Gasteiger partial charge in [0.25, 0.3) is 0 Å². The number of halogens is 3. The highest BCUT2D eigenvalue weighted by Gasteiger charge is 2.52. The van der Waals surface area contributed by atoms with E-state index in [1.165, 1.54) is 7.11 Å². The second kappa shape index (κ2) is 6.09. The van der Waals surface area contributed by atoms with Crippen molar-refractivity contribution in [2.75, 3.05) is 7.11 Å². The van der Waals surface area contributed by atoms with E-state index in [0.717, 1.165) is 13.0 Å². The zero-order valence-corrected chi connectivity index (χ0v) is 11.1. The molecule has 3 nitrogen and oxygen atoms in total. The number of methoxy groups -OCH3 is 1. The molecule has 0 aliphatic carbocycles. The van der Waals surface area contributed by atoms with Crippen LogP contribution in [0.5, 0.6) is 5.75 Å². The summed E-state index contributed by atoms with van der Waals surface area (Å²) in [5.41, 5.74) is -2.70. The number of aliphatic hydroxyl groups is 1. The Labute approximate surface area is 114 Å². The first-order chi connectivity index (χ1) is 9.18. The van der Waals surface area contributed by atoms with Gasteiger partial charge in [0, 0.05) is 6.42 Å². The molecule has 0 heterocycles. The molecule has 1 aromatic carbocycles. The van der Waals surface area contributed by atoms with Crippen LogP contribution < -0.4 is 4.74 Å². The molecule has 0 spiro atoms. The van der Waals surface area contributed by atoms with Crippen molar-refractivity contribution in [3.05, 3.63) is 35.9 Å². The minimum atomic E-state index is -4.92. The molecule has 110 valence electrons. The lowest BCUT2D eigenvalue weighted by Crippen LogP contribution is -2.44. The van der Waals surface area contributed by atoms with Gasteiger partial charge in [-0.1, -0.05) is 18.2 Å². The molecule has 0 saturated carbocycles. The Kier molecular flexibility index (Phi) is 4.94. The van der Waals surface area contributed by atoms with Gasteiger partial charge in [0.2, 0.25) is 0 Å². The Bertz CT molecular complexity index is 491. The smallest absolute Gasteiger partial charge is 0.421 e. The molecule has 0 aliphatic heterocycles. The Morgan fingerprint density at radius 2 is 1.85 bits per heavy atom. The van der Waals surface area contributed by atoms with E-state index in [9.17, 15) is 23.1 Å². The number of hydrogen-bond acceptors (Lipinski definition) is 3. The monoisotopic (exact) mass is 288 g/mol. The van der Waals surface area contributed by atoms with Crippen molar-refractivity contribution < 1.29 is 27.8 Å². The summed E-state index contributed by atoms with van der Waals surface area (Å²) in [7, 11) is 1.47. The molecule has 1 rings (SSSR count). The second-order valence-corrected chi connectivity index (χ2v) is 4.41. The number of carbonyl (C=O) groups is 1. The van der Waals surface area contributed by atoms with Crippen LogP contribution in [0.15, 0.2) is 30.3 Å². The van der Waals surface area contributed by atoms with E-state index in [2.05, 4.69) is 0 Å². The normalized spacial score (nSPS) is 15.1. The van der Waals surface area contributed by atoms with Crippen molar-refractivity contribution in [3.8, 4) is 5.75 Å². The van der Waals surface area contributed by atoms with Crippen molar-refractivity contribution in [2.45, 2.75) is 25.1 Å². The van der Waals surface area contributed by atoms with Crippen LogP contribution in [0.4, 0.5) is 13.2 Å². The van der Waals surface area contributed by atoms with Crippen LogP contribution in [0.3, 0.4) is 0 Å². The van der Waals surface area contributed by atoms with E-state index in [1.807, 2.05) is 0 Å². The quantitative estimate of drug-likeness (QED) is 0.906. The number of benzene rings is 1. The highest BCUT2D eigenvalue weighted by Crippen LogP contribution is 2.35. The molecule has 0 unspecified atom stereocenters. The van der Waals surface area contributed by atoms with Crippen molar-refractivity contribution in [2.24, 2.45) is 0 Å². The van der Waals surface area contributed by atoms with Crippen molar-refractivity contribution in [1.82, 2.24) is 0 Å². The molecule has 0 radical (unpaired) electrons. The van der Waals surface area contributed by atoms with Crippen molar-refractivity contribution in [1.29, 1.82) is 0 Å². The van der Waals surface area contributed by atoms with Gasteiger partial charge in [0.05, 0.1) is 7.11 Å². The Morgan fingerprint density at radius 3 is 2.25 bits per heavy atom. The minimum absolute atomic E-state index is 0.456. The molecular weight excluding hydrogens is 273 g/mol. The van der Waals surface area contributed by atoms with Gasteiger partial charge >= 0.3 is 6.18 Å². The third kappa shape index (κ3) is 4.09. The molecule has 0 aliphatic rings. The third-order valence-corrected chi connectivity index (χ3v) is 2.68. The summed E-state index contributed by atoms with van der Waals surface area (Å²) in [6, 6.07) is 6.24. The van der Waals surface area contributed by atoms with Gasteiger partial charge in [-0.2, -0.15) is 13.2 Å². The number of Topliss-reactive ketones (excluding diaryl/α,β-unsaturated/α-hetero) is 1. The van der Waals surface area contributed by atoms with Crippen LogP contribution in [0.1, 0.15) is 18.9 Å². The zero-order valence-electron chi connectivity index (χ0n) is 11.1. The summed E-state index contributed by atoms with van der Waals surface area (Å²) in [6.45, 7) is 0.998. The third-order valence-electron chi connectivity index (χ3n) is 2.68. The lowest BCUT2D eigenvalue weighted by Gasteiger charge is -2.26. The summed E-state index contributed by atoms with van der Waals surface area (Å²) < 4.78 is 43.4. The second-order valence-electron chi connectivity index (χ2n) is 4.41. The Balaban J connectivity index is 2.99. The molecule has 0 aromatic heterocycles. The molecule has 20 heavy (non-hydrogen) atoms. The summed E-state index contributed by atoms with van der Waals surface area (Å²) in [5.74, 6) is -0.179. The van der Waals surface area contributed by atoms with E-state index in [4.69, 9.17) is 4.74 Å². The maximum Gasteiger partial charge on any atom is 0.421 e. The number of ether oxygens (including phenoxy) is 1.